The molecule has 4 rings (SSSR count). The van der Waals surface area contributed by atoms with Crippen LogP contribution in [0.2, 0.25) is 0 Å². The zero-order chi connectivity index (χ0) is 21.6. The number of H-pyrrole nitrogens is 1. The molecule has 1 aliphatic rings. The maximum absolute atomic E-state index is 12.2. The number of methoxy groups -OCH3 is 1. The minimum atomic E-state index is -0.367. The zero-order valence-corrected chi connectivity index (χ0v) is 17.8. The Morgan fingerprint density at radius 1 is 0.968 bits per heavy atom. The van der Waals surface area contributed by atoms with E-state index < -0.39 is 0 Å². The van der Waals surface area contributed by atoms with E-state index in [0.29, 0.717) is 5.69 Å². The molecule has 0 saturated carbocycles. The minimum Gasteiger partial charge on any atom is -0.497 e. The summed E-state index contributed by atoms with van der Waals surface area (Å²) in [5.41, 5.74) is 4.06. The van der Waals surface area contributed by atoms with E-state index in [1.54, 1.807) is 7.11 Å². The first-order chi connectivity index (χ1) is 15.1. The van der Waals surface area contributed by atoms with Crippen LogP contribution in [0.5, 0.6) is 5.75 Å². The van der Waals surface area contributed by atoms with Crippen LogP contribution < -0.4 is 10.4 Å². The Hall–Kier alpha value is -3.00. The summed E-state index contributed by atoms with van der Waals surface area (Å²) in [7, 11) is 1.63. The molecule has 7 heteroatoms. The smallest absolute Gasteiger partial charge is 0.345 e. The number of rotatable bonds is 7. The molecule has 0 aliphatic carbocycles. The second-order valence-corrected chi connectivity index (χ2v) is 7.75. The van der Waals surface area contributed by atoms with Crippen LogP contribution in [-0.4, -0.2) is 71.3 Å². The predicted octanol–water partition coefficient (Wildman–Crippen LogP) is 2.22. The summed E-state index contributed by atoms with van der Waals surface area (Å²) in [5, 5.41) is 9.07. The van der Waals surface area contributed by atoms with E-state index in [0.717, 1.165) is 61.8 Å². The number of benzene rings is 2. The van der Waals surface area contributed by atoms with Gasteiger partial charge in [0.2, 0.25) is 0 Å². The normalized spacial score (nSPS) is 15.2. The molecule has 1 aromatic heterocycles. The van der Waals surface area contributed by atoms with Crippen molar-refractivity contribution < 1.29 is 9.84 Å². The van der Waals surface area contributed by atoms with Crippen molar-refractivity contribution in [1.82, 2.24) is 19.8 Å². The highest BCUT2D eigenvalue weighted by molar-refractivity contribution is 5.67. The largest absolute Gasteiger partial charge is 0.497 e. The number of hydrogen-bond donors (Lipinski definition) is 2. The Morgan fingerprint density at radius 3 is 2.26 bits per heavy atom. The van der Waals surface area contributed by atoms with E-state index in [1.165, 1.54) is 5.56 Å². The summed E-state index contributed by atoms with van der Waals surface area (Å²) in [5.74, 6) is 0.769. The van der Waals surface area contributed by atoms with Gasteiger partial charge in [0.15, 0.2) is 0 Å². The van der Waals surface area contributed by atoms with Gasteiger partial charge < -0.3 is 14.8 Å². The van der Waals surface area contributed by atoms with Gasteiger partial charge in [-0.1, -0.05) is 24.3 Å². The Kier molecular flexibility index (Phi) is 6.76. The quantitative estimate of drug-likeness (QED) is 0.610. The highest BCUT2D eigenvalue weighted by atomic mass is 16.5. The third kappa shape index (κ3) is 5.38. The van der Waals surface area contributed by atoms with Crippen molar-refractivity contribution in [3.63, 3.8) is 0 Å². The van der Waals surface area contributed by atoms with E-state index >= 15 is 0 Å². The van der Waals surface area contributed by atoms with Gasteiger partial charge in [-0.2, -0.15) is 4.98 Å². The van der Waals surface area contributed by atoms with Crippen molar-refractivity contribution in [3.05, 3.63) is 70.6 Å². The number of piperazine rings is 1. The average molecular weight is 421 g/mol. The van der Waals surface area contributed by atoms with Crippen molar-refractivity contribution in [2.45, 2.75) is 6.54 Å². The van der Waals surface area contributed by atoms with Crippen LogP contribution in [0.3, 0.4) is 0 Å². The fraction of sp³-hybridized carbons (Fsp3) is 0.333. The van der Waals surface area contributed by atoms with E-state index in [-0.39, 0.29) is 12.3 Å². The molecule has 7 nitrogen and oxygen atoms in total. The van der Waals surface area contributed by atoms with Crippen LogP contribution >= 0.6 is 0 Å². The summed E-state index contributed by atoms with van der Waals surface area (Å²) in [6.07, 6.45) is 0. The number of aliphatic hydroxyl groups excluding tert-OH is 1. The number of aromatic nitrogens is 2. The summed E-state index contributed by atoms with van der Waals surface area (Å²) in [6, 6.07) is 17.7. The third-order valence-electron chi connectivity index (χ3n) is 5.68. The van der Waals surface area contributed by atoms with Crippen LogP contribution in [0.4, 0.5) is 0 Å². The summed E-state index contributed by atoms with van der Waals surface area (Å²) < 4.78 is 5.20. The first-order valence-electron chi connectivity index (χ1n) is 10.6. The van der Waals surface area contributed by atoms with Crippen LogP contribution in [0.25, 0.3) is 22.5 Å². The highest BCUT2D eigenvalue weighted by Gasteiger charge is 2.16. The molecule has 0 spiro atoms. The Morgan fingerprint density at radius 2 is 1.61 bits per heavy atom. The zero-order valence-electron chi connectivity index (χ0n) is 17.8. The molecule has 162 valence electrons. The van der Waals surface area contributed by atoms with Gasteiger partial charge in [0, 0.05) is 44.8 Å². The van der Waals surface area contributed by atoms with Gasteiger partial charge >= 0.3 is 5.69 Å². The van der Waals surface area contributed by atoms with E-state index in [9.17, 15) is 4.79 Å². The molecular weight excluding hydrogens is 392 g/mol. The van der Waals surface area contributed by atoms with Gasteiger partial charge in [-0.05, 0) is 41.5 Å². The molecule has 31 heavy (non-hydrogen) atoms. The molecule has 0 atom stereocenters. The average Bonchev–Trinajstić information content (AvgIpc) is 2.81. The molecule has 3 aromatic rings. The summed E-state index contributed by atoms with van der Waals surface area (Å²) in [4.78, 5) is 23.9. The van der Waals surface area contributed by atoms with Gasteiger partial charge in [-0.3, -0.25) is 9.80 Å². The first kappa shape index (κ1) is 21.2. The van der Waals surface area contributed by atoms with Crippen LogP contribution in [-0.2, 0) is 6.54 Å². The topological polar surface area (TPSA) is 81.7 Å². The predicted molar refractivity (Wildman–Crippen MR) is 121 cm³/mol. The maximum Gasteiger partial charge on any atom is 0.345 e. The van der Waals surface area contributed by atoms with Crippen LogP contribution in [0.15, 0.2) is 59.4 Å². The molecule has 2 aromatic carbocycles. The number of nitrogens with one attached hydrogen (secondary N) is 1. The van der Waals surface area contributed by atoms with Gasteiger partial charge in [-0.15, -0.1) is 0 Å². The van der Waals surface area contributed by atoms with E-state index in [1.807, 2.05) is 42.5 Å². The summed E-state index contributed by atoms with van der Waals surface area (Å²) in [6.45, 7) is 5.85. The Balaban J connectivity index is 1.46. The van der Waals surface area contributed by atoms with E-state index in [4.69, 9.17) is 9.84 Å². The second kappa shape index (κ2) is 9.87. The lowest BCUT2D eigenvalue weighted by molar-refractivity contribution is 0.108. The molecule has 1 fully saturated rings. The monoisotopic (exact) mass is 420 g/mol. The molecule has 2 N–H and O–H groups in total. The maximum atomic E-state index is 12.2. The third-order valence-corrected chi connectivity index (χ3v) is 5.68. The van der Waals surface area contributed by atoms with Crippen LogP contribution in [0, 0.1) is 0 Å². The molecule has 1 aliphatic heterocycles. The van der Waals surface area contributed by atoms with Gasteiger partial charge in [0.25, 0.3) is 0 Å². The fourth-order valence-corrected chi connectivity index (χ4v) is 3.88. The second-order valence-electron chi connectivity index (χ2n) is 7.75. The minimum absolute atomic E-state index is 0.220. The number of aromatic amines is 1. The summed E-state index contributed by atoms with van der Waals surface area (Å²) >= 11 is 0. The van der Waals surface area contributed by atoms with E-state index in [2.05, 4.69) is 31.9 Å². The number of hydrogen-bond acceptors (Lipinski definition) is 6. The standard InChI is InChI=1S/C24H28N4O3/c1-31-21-8-6-20(7-9-21)23-16-22(25-24(30)26-23)19-4-2-18(3-5-19)17-28-12-10-27(11-13-28)14-15-29/h2-9,16,29H,10-15,17H2,1H3,(H,25,26,30). The van der Waals surface area contributed by atoms with Gasteiger partial charge in [0.05, 0.1) is 25.1 Å². The lowest BCUT2D eigenvalue weighted by Crippen LogP contribution is -2.46. The van der Waals surface area contributed by atoms with Crippen molar-refractivity contribution in [1.29, 1.82) is 0 Å². The van der Waals surface area contributed by atoms with Gasteiger partial charge in [-0.25, -0.2) is 4.79 Å². The van der Waals surface area contributed by atoms with Crippen LogP contribution in [0.1, 0.15) is 5.56 Å². The number of ether oxygens (including phenoxy) is 1. The Bertz CT molecular complexity index is 1040. The highest BCUT2D eigenvalue weighted by Crippen LogP contribution is 2.24. The SMILES string of the molecule is COc1ccc(-c2cc(-c3ccc(CN4CCN(CCO)CC4)cc3)nc(=O)[nH]2)cc1. The van der Waals surface area contributed by atoms with Crippen molar-refractivity contribution >= 4 is 0 Å². The molecule has 0 bridgehead atoms. The molecule has 1 saturated heterocycles. The fourth-order valence-electron chi connectivity index (χ4n) is 3.88. The van der Waals surface area contributed by atoms with Crippen molar-refractivity contribution in [2.24, 2.45) is 0 Å². The Labute approximate surface area is 181 Å². The van der Waals surface area contributed by atoms with Crippen molar-refractivity contribution in [2.75, 3.05) is 46.4 Å². The van der Waals surface area contributed by atoms with Crippen molar-refractivity contribution in [3.8, 4) is 28.3 Å². The molecule has 0 radical (unpaired) electrons. The lowest BCUT2D eigenvalue weighted by Gasteiger charge is -2.34. The number of β-amino-alcohol motifs (C(OH)–C–C–N with tert-alkyl or cyclic N) is 1. The number of aliphatic hydroxyl groups is 1. The molecule has 0 amide bonds. The lowest BCUT2D eigenvalue weighted by atomic mass is 10.1. The number of nitrogens with zero attached hydrogens (tertiary/aromatic N) is 3. The van der Waals surface area contributed by atoms with Gasteiger partial charge in [0.1, 0.15) is 5.75 Å². The molecule has 2 heterocycles. The molecular formula is C24H28N4O3. The first-order valence-corrected chi connectivity index (χ1v) is 10.6. The molecule has 0 unspecified atom stereocenters.